The van der Waals surface area contributed by atoms with E-state index in [-0.39, 0.29) is 11.9 Å². The van der Waals surface area contributed by atoms with Crippen molar-refractivity contribution in [3.05, 3.63) is 64.3 Å². The van der Waals surface area contributed by atoms with Gasteiger partial charge in [0.1, 0.15) is 5.75 Å². The number of nitrogens with one attached hydrogen (secondary N) is 2. The fourth-order valence-corrected chi connectivity index (χ4v) is 5.32. The van der Waals surface area contributed by atoms with Gasteiger partial charge in [-0.25, -0.2) is 0 Å². The average Bonchev–Trinajstić information content (AvgIpc) is 3.18. The van der Waals surface area contributed by atoms with Crippen LogP contribution in [-0.2, 0) is 21.4 Å². The number of halogens is 1. The number of aromatic nitrogens is 1. The fourth-order valence-electron chi connectivity index (χ4n) is 5.15. The quantitative estimate of drug-likeness (QED) is 0.597. The predicted molar refractivity (Wildman–Crippen MR) is 122 cm³/mol. The summed E-state index contributed by atoms with van der Waals surface area (Å²) < 4.78 is 10.9. The van der Waals surface area contributed by atoms with E-state index in [0.717, 1.165) is 52.2 Å². The van der Waals surface area contributed by atoms with Crippen LogP contribution in [0.4, 0.5) is 0 Å². The van der Waals surface area contributed by atoms with Gasteiger partial charge in [-0.2, -0.15) is 0 Å². The average molecular weight is 439 g/mol. The van der Waals surface area contributed by atoms with Gasteiger partial charge in [0.05, 0.1) is 18.6 Å². The molecule has 3 aromatic rings. The van der Waals surface area contributed by atoms with Gasteiger partial charge in [-0.05, 0) is 73.6 Å². The van der Waals surface area contributed by atoms with Crippen molar-refractivity contribution in [2.24, 2.45) is 0 Å². The maximum atomic E-state index is 13.8. The number of ether oxygens (including phenoxy) is 2. The first-order chi connectivity index (χ1) is 15.1. The van der Waals surface area contributed by atoms with Gasteiger partial charge < -0.3 is 19.8 Å². The summed E-state index contributed by atoms with van der Waals surface area (Å²) in [6.45, 7) is 1.17. The van der Waals surface area contributed by atoms with Crippen molar-refractivity contribution in [1.82, 2.24) is 10.3 Å². The van der Waals surface area contributed by atoms with Crippen molar-refractivity contribution in [3.63, 3.8) is 0 Å². The molecule has 1 fully saturated rings. The van der Waals surface area contributed by atoms with Crippen molar-refractivity contribution in [2.45, 2.75) is 43.6 Å². The molecule has 1 atom stereocenters. The molecule has 2 heterocycles. The zero-order chi connectivity index (χ0) is 21.4. The molecular formula is C25H27ClN2O3. The highest BCUT2D eigenvalue weighted by molar-refractivity contribution is 6.31. The minimum Gasteiger partial charge on any atom is -0.497 e. The van der Waals surface area contributed by atoms with Crippen molar-refractivity contribution in [2.75, 3.05) is 20.3 Å². The zero-order valence-electron chi connectivity index (χ0n) is 17.7. The normalized spacial score (nSPS) is 20.3. The molecule has 31 heavy (non-hydrogen) atoms. The number of carbonyl (C=O) groups excluding carboxylic acids is 1. The summed E-state index contributed by atoms with van der Waals surface area (Å²) in [5.74, 6) is 0.871. The van der Waals surface area contributed by atoms with E-state index in [1.54, 1.807) is 7.11 Å². The highest BCUT2D eigenvalue weighted by atomic mass is 35.5. The van der Waals surface area contributed by atoms with Crippen LogP contribution in [0.1, 0.15) is 48.5 Å². The van der Waals surface area contributed by atoms with E-state index < -0.39 is 5.41 Å². The molecule has 1 amide bonds. The summed E-state index contributed by atoms with van der Waals surface area (Å²) in [5.41, 5.74) is 3.91. The Labute approximate surface area is 187 Å². The second-order valence-electron chi connectivity index (χ2n) is 8.55. The summed E-state index contributed by atoms with van der Waals surface area (Å²) in [5, 5.41) is 5.30. The van der Waals surface area contributed by atoms with E-state index in [4.69, 9.17) is 21.1 Å². The monoisotopic (exact) mass is 438 g/mol. The molecule has 1 aromatic heterocycles. The summed E-state index contributed by atoms with van der Waals surface area (Å²) in [6, 6.07) is 13.8. The Hall–Kier alpha value is -2.50. The van der Waals surface area contributed by atoms with Crippen molar-refractivity contribution in [3.8, 4) is 5.75 Å². The Morgan fingerprint density at radius 2 is 1.97 bits per heavy atom. The first-order valence-electron chi connectivity index (χ1n) is 10.9. The molecule has 5 rings (SSSR count). The smallest absolute Gasteiger partial charge is 0.231 e. The minimum atomic E-state index is -0.586. The van der Waals surface area contributed by atoms with Gasteiger partial charge in [0, 0.05) is 34.8 Å². The van der Waals surface area contributed by atoms with Crippen LogP contribution < -0.4 is 10.1 Å². The Morgan fingerprint density at radius 1 is 1.19 bits per heavy atom. The predicted octanol–water partition coefficient (Wildman–Crippen LogP) is 5.07. The van der Waals surface area contributed by atoms with E-state index in [0.29, 0.717) is 26.1 Å². The van der Waals surface area contributed by atoms with Crippen LogP contribution in [0.5, 0.6) is 5.75 Å². The molecule has 6 heteroatoms. The molecule has 2 aliphatic rings. The summed E-state index contributed by atoms with van der Waals surface area (Å²) in [6.07, 6.45) is 4.31. The van der Waals surface area contributed by atoms with Crippen LogP contribution in [-0.4, -0.2) is 31.2 Å². The van der Waals surface area contributed by atoms with Crippen LogP contribution in [0.3, 0.4) is 0 Å². The maximum Gasteiger partial charge on any atom is 0.231 e. The summed E-state index contributed by atoms with van der Waals surface area (Å²) in [7, 11) is 1.65. The number of hydrogen-bond donors (Lipinski definition) is 2. The van der Waals surface area contributed by atoms with Crippen molar-refractivity contribution >= 4 is 28.4 Å². The summed E-state index contributed by atoms with van der Waals surface area (Å²) in [4.78, 5) is 17.3. The number of rotatable bonds is 4. The maximum absolute atomic E-state index is 13.8. The number of benzene rings is 2. The van der Waals surface area contributed by atoms with Gasteiger partial charge in [-0.1, -0.05) is 23.7 Å². The van der Waals surface area contributed by atoms with Crippen molar-refractivity contribution < 1.29 is 14.3 Å². The van der Waals surface area contributed by atoms with E-state index >= 15 is 0 Å². The number of H-pyrrole nitrogens is 1. The molecule has 1 aliphatic heterocycles. The SMILES string of the molecule is COc1ccc(C2(C(=O)N[C@@H]3CCCc4c3[nH]c3ccc(Cl)cc43)CCOCC2)cc1. The third kappa shape index (κ3) is 3.60. The highest BCUT2D eigenvalue weighted by Gasteiger charge is 2.43. The lowest BCUT2D eigenvalue weighted by Crippen LogP contribution is -2.49. The Balaban J connectivity index is 1.47. The van der Waals surface area contributed by atoms with E-state index in [2.05, 4.69) is 10.3 Å². The summed E-state index contributed by atoms with van der Waals surface area (Å²) >= 11 is 6.24. The van der Waals surface area contributed by atoms with Crippen molar-refractivity contribution in [1.29, 1.82) is 0 Å². The lowest BCUT2D eigenvalue weighted by molar-refractivity contribution is -0.131. The molecule has 0 spiro atoms. The molecule has 2 aromatic carbocycles. The standard InChI is InChI=1S/C25H27ClN2O3/c1-30-18-8-5-16(6-9-18)25(11-13-31-14-12-25)24(29)28-22-4-2-3-19-20-15-17(26)7-10-21(20)27-23(19)22/h5-10,15,22,27H,2-4,11-14H2,1H3,(H,28,29)/t22-/m1/s1. The number of aryl methyl sites for hydroxylation is 1. The molecule has 5 nitrogen and oxygen atoms in total. The third-order valence-electron chi connectivity index (χ3n) is 6.90. The molecule has 1 saturated heterocycles. The fraction of sp³-hybridized carbons (Fsp3) is 0.400. The second kappa shape index (κ2) is 8.21. The Morgan fingerprint density at radius 3 is 2.71 bits per heavy atom. The van der Waals surface area contributed by atoms with Gasteiger partial charge in [-0.3, -0.25) is 4.79 Å². The number of fused-ring (bicyclic) bond motifs is 3. The van der Waals surface area contributed by atoms with Crippen LogP contribution in [0.15, 0.2) is 42.5 Å². The first-order valence-corrected chi connectivity index (χ1v) is 11.3. The number of aromatic amines is 1. The number of amides is 1. The molecule has 1 aliphatic carbocycles. The van der Waals surface area contributed by atoms with Crippen LogP contribution in [0, 0.1) is 0 Å². The lowest BCUT2D eigenvalue weighted by atomic mass is 9.73. The molecule has 162 valence electrons. The molecular weight excluding hydrogens is 412 g/mol. The van der Waals surface area contributed by atoms with E-state index in [1.807, 2.05) is 42.5 Å². The van der Waals surface area contributed by atoms with Crippen LogP contribution in [0.2, 0.25) is 5.02 Å². The number of methoxy groups -OCH3 is 1. The largest absolute Gasteiger partial charge is 0.497 e. The zero-order valence-corrected chi connectivity index (χ0v) is 18.4. The Bertz CT molecular complexity index is 1100. The topological polar surface area (TPSA) is 63.3 Å². The first kappa shape index (κ1) is 20.4. The Kier molecular flexibility index (Phi) is 5.40. The van der Waals surface area contributed by atoms with Crippen LogP contribution >= 0.6 is 11.6 Å². The lowest BCUT2D eigenvalue weighted by Gasteiger charge is -2.38. The molecule has 0 saturated carbocycles. The molecule has 2 N–H and O–H groups in total. The second-order valence-corrected chi connectivity index (χ2v) is 8.98. The van der Waals surface area contributed by atoms with Gasteiger partial charge >= 0.3 is 0 Å². The number of carbonyl (C=O) groups is 1. The minimum absolute atomic E-state index is 0.0274. The van der Waals surface area contributed by atoms with Gasteiger partial charge in [-0.15, -0.1) is 0 Å². The molecule has 0 unspecified atom stereocenters. The highest BCUT2D eigenvalue weighted by Crippen LogP contribution is 2.39. The van der Waals surface area contributed by atoms with E-state index in [1.165, 1.54) is 5.56 Å². The number of hydrogen-bond acceptors (Lipinski definition) is 3. The third-order valence-corrected chi connectivity index (χ3v) is 7.13. The van der Waals surface area contributed by atoms with Gasteiger partial charge in [0.25, 0.3) is 0 Å². The van der Waals surface area contributed by atoms with E-state index in [9.17, 15) is 4.79 Å². The van der Waals surface area contributed by atoms with Gasteiger partial charge in [0.2, 0.25) is 5.91 Å². The molecule has 0 bridgehead atoms. The van der Waals surface area contributed by atoms with Gasteiger partial charge in [0.15, 0.2) is 0 Å². The van der Waals surface area contributed by atoms with Crippen LogP contribution in [0.25, 0.3) is 10.9 Å². The molecule has 0 radical (unpaired) electrons.